The Hall–Kier alpha value is -1.55. The van der Waals surface area contributed by atoms with E-state index in [-0.39, 0.29) is 12.1 Å². The molecule has 2 N–H and O–H groups in total. The molecule has 4 heteroatoms. The van der Waals surface area contributed by atoms with Crippen LogP contribution in [0.2, 0.25) is 0 Å². The topological polar surface area (TPSA) is 50.4 Å². The molecule has 0 spiro atoms. The Labute approximate surface area is 89.6 Å². The highest BCUT2D eigenvalue weighted by Crippen LogP contribution is 2.12. The molecule has 0 fully saturated rings. The molecule has 1 unspecified atom stereocenters. The maximum absolute atomic E-state index is 11.2. The average molecular weight is 208 g/mol. The van der Waals surface area contributed by atoms with Gasteiger partial charge in [0.05, 0.1) is 12.6 Å². The summed E-state index contributed by atoms with van der Waals surface area (Å²) in [5.74, 6) is 0. The minimum Gasteiger partial charge on any atom is -0.382 e. The minimum absolute atomic E-state index is 0.115. The summed E-state index contributed by atoms with van der Waals surface area (Å²) in [7, 11) is 3.20. The molecule has 0 saturated heterocycles. The molecule has 0 aromatic heterocycles. The molecule has 0 aliphatic heterocycles. The van der Waals surface area contributed by atoms with E-state index in [1.165, 1.54) is 0 Å². The lowest BCUT2D eigenvalue weighted by molar-refractivity contribution is 0.166. The van der Waals surface area contributed by atoms with Gasteiger partial charge in [0.2, 0.25) is 0 Å². The number of hydrogen-bond acceptors (Lipinski definition) is 2. The van der Waals surface area contributed by atoms with Gasteiger partial charge in [-0.2, -0.15) is 0 Å². The lowest BCUT2D eigenvalue weighted by atomic mass is 10.1. The van der Waals surface area contributed by atoms with Crippen molar-refractivity contribution in [1.29, 1.82) is 0 Å². The van der Waals surface area contributed by atoms with Crippen LogP contribution in [0.3, 0.4) is 0 Å². The molecule has 0 saturated carbocycles. The summed E-state index contributed by atoms with van der Waals surface area (Å²) in [5.41, 5.74) is 1.03. The van der Waals surface area contributed by atoms with Crippen LogP contribution in [0, 0.1) is 0 Å². The zero-order valence-corrected chi connectivity index (χ0v) is 8.99. The summed E-state index contributed by atoms with van der Waals surface area (Å²) in [5, 5.41) is 5.33. The van der Waals surface area contributed by atoms with Gasteiger partial charge >= 0.3 is 6.03 Å². The van der Waals surface area contributed by atoms with E-state index < -0.39 is 0 Å². The molecule has 2 amide bonds. The van der Waals surface area contributed by atoms with Gasteiger partial charge in [0.1, 0.15) is 0 Å². The summed E-state index contributed by atoms with van der Waals surface area (Å²) in [6, 6.07) is 9.40. The molecule has 1 aromatic carbocycles. The Balaban J connectivity index is 2.70. The molecular formula is C11H16N2O2. The second-order valence-corrected chi connectivity index (χ2v) is 3.14. The third-order valence-corrected chi connectivity index (χ3v) is 2.07. The first-order valence-corrected chi connectivity index (χ1v) is 4.80. The Bertz CT molecular complexity index is 301. The molecule has 1 aromatic rings. The number of amides is 2. The summed E-state index contributed by atoms with van der Waals surface area (Å²) < 4.78 is 5.06. The number of benzene rings is 1. The predicted molar refractivity (Wildman–Crippen MR) is 58.7 cm³/mol. The number of rotatable bonds is 4. The van der Waals surface area contributed by atoms with E-state index in [9.17, 15) is 4.79 Å². The Morgan fingerprint density at radius 3 is 2.60 bits per heavy atom. The molecule has 0 aliphatic rings. The van der Waals surface area contributed by atoms with Crippen molar-refractivity contribution in [3.63, 3.8) is 0 Å². The normalized spacial score (nSPS) is 11.9. The number of ether oxygens (including phenoxy) is 1. The van der Waals surface area contributed by atoms with Gasteiger partial charge < -0.3 is 15.4 Å². The zero-order chi connectivity index (χ0) is 11.1. The van der Waals surface area contributed by atoms with Crippen molar-refractivity contribution in [2.75, 3.05) is 20.8 Å². The monoisotopic (exact) mass is 208 g/mol. The van der Waals surface area contributed by atoms with Gasteiger partial charge in [-0.05, 0) is 5.56 Å². The van der Waals surface area contributed by atoms with E-state index in [2.05, 4.69) is 10.6 Å². The van der Waals surface area contributed by atoms with Crippen LogP contribution < -0.4 is 10.6 Å². The zero-order valence-electron chi connectivity index (χ0n) is 8.99. The molecule has 1 atom stereocenters. The standard InChI is InChI=1S/C11H16N2O2/c1-12-11(14)13-10(8-15-2)9-6-4-3-5-7-9/h3-7,10H,8H2,1-2H3,(H2,12,13,14). The van der Waals surface area contributed by atoms with Crippen LogP contribution >= 0.6 is 0 Å². The summed E-state index contributed by atoms with van der Waals surface area (Å²) in [6.07, 6.45) is 0. The highest BCUT2D eigenvalue weighted by Gasteiger charge is 2.12. The molecule has 0 radical (unpaired) electrons. The third-order valence-electron chi connectivity index (χ3n) is 2.07. The van der Waals surface area contributed by atoms with Crippen LogP contribution in [0.4, 0.5) is 4.79 Å². The van der Waals surface area contributed by atoms with E-state index in [1.54, 1.807) is 14.2 Å². The minimum atomic E-state index is -0.207. The molecule has 0 aliphatic carbocycles. The van der Waals surface area contributed by atoms with Gasteiger partial charge in [-0.1, -0.05) is 30.3 Å². The predicted octanol–water partition coefficient (Wildman–Crippen LogP) is 1.30. The van der Waals surface area contributed by atoms with E-state index in [0.717, 1.165) is 5.56 Å². The number of urea groups is 1. The molecule has 4 nitrogen and oxygen atoms in total. The fourth-order valence-electron chi connectivity index (χ4n) is 1.30. The Kier molecular flexibility index (Phi) is 4.63. The first-order chi connectivity index (χ1) is 7.27. The fourth-order valence-corrected chi connectivity index (χ4v) is 1.30. The number of carbonyl (C=O) groups excluding carboxylic acids is 1. The Morgan fingerprint density at radius 1 is 1.40 bits per heavy atom. The lowest BCUT2D eigenvalue weighted by Crippen LogP contribution is -2.37. The number of nitrogens with one attached hydrogen (secondary N) is 2. The molecule has 15 heavy (non-hydrogen) atoms. The maximum atomic E-state index is 11.2. The van der Waals surface area contributed by atoms with Crippen molar-refractivity contribution in [3.05, 3.63) is 35.9 Å². The second kappa shape index (κ2) is 6.03. The first-order valence-electron chi connectivity index (χ1n) is 4.80. The number of carbonyl (C=O) groups is 1. The SMILES string of the molecule is CNC(=O)NC(COC)c1ccccc1. The van der Waals surface area contributed by atoms with Crippen molar-refractivity contribution in [2.24, 2.45) is 0 Å². The number of methoxy groups -OCH3 is 1. The summed E-state index contributed by atoms with van der Waals surface area (Å²) in [4.78, 5) is 11.2. The summed E-state index contributed by atoms with van der Waals surface area (Å²) >= 11 is 0. The number of hydrogen-bond donors (Lipinski definition) is 2. The van der Waals surface area contributed by atoms with Crippen molar-refractivity contribution in [2.45, 2.75) is 6.04 Å². The van der Waals surface area contributed by atoms with E-state index in [4.69, 9.17) is 4.74 Å². The molecule has 82 valence electrons. The van der Waals surface area contributed by atoms with Gasteiger partial charge in [0.25, 0.3) is 0 Å². The third kappa shape index (κ3) is 3.59. The van der Waals surface area contributed by atoms with Crippen LogP contribution in [0.1, 0.15) is 11.6 Å². The molecule has 0 bridgehead atoms. The molecular weight excluding hydrogens is 192 g/mol. The van der Waals surface area contributed by atoms with Crippen LogP contribution in [0.15, 0.2) is 30.3 Å². The van der Waals surface area contributed by atoms with Crippen LogP contribution in [0.25, 0.3) is 0 Å². The maximum Gasteiger partial charge on any atom is 0.315 e. The van der Waals surface area contributed by atoms with Gasteiger partial charge in [0.15, 0.2) is 0 Å². The van der Waals surface area contributed by atoms with E-state index >= 15 is 0 Å². The smallest absolute Gasteiger partial charge is 0.315 e. The van der Waals surface area contributed by atoms with Crippen LogP contribution in [0.5, 0.6) is 0 Å². The fraction of sp³-hybridized carbons (Fsp3) is 0.364. The quantitative estimate of drug-likeness (QED) is 0.783. The Morgan fingerprint density at radius 2 is 2.07 bits per heavy atom. The molecule has 1 rings (SSSR count). The summed E-state index contributed by atoms with van der Waals surface area (Å²) in [6.45, 7) is 0.456. The highest BCUT2D eigenvalue weighted by molar-refractivity contribution is 5.74. The second-order valence-electron chi connectivity index (χ2n) is 3.14. The van der Waals surface area contributed by atoms with Crippen molar-refractivity contribution >= 4 is 6.03 Å². The van der Waals surface area contributed by atoms with Crippen LogP contribution in [-0.2, 0) is 4.74 Å². The van der Waals surface area contributed by atoms with Gasteiger partial charge in [0, 0.05) is 14.2 Å². The van der Waals surface area contributed by atoms with Crippen molar-refractivity contribution in [1.82, 2.24) is 10.6 Å². The van der Waals surface area contributed by atoms with Crippen LogP contribution in [-0.4, -0.2) is 26.8 Å². The molecule has 0 heterocycles. The van der Waals surface area contributed by atoms with Gasteiger partial charge in [-0.25, -0.2) is 4.79 Å². The highest BCUT2D eigenvalue weighted by atomic mass is 16.5. The van der Waals surface area contributed by atoms with E-state index in [1.807, 2.05) is 30.3 Å². The van der Waals surface area contributed by atoms with Gasteiger partial charge in [-0.3, -0.25) is 0 Å². The van der Waals surface area contributed by atoms with Crippen molar-refractivity contribution in [3.8, 4) is 0 Å². The average Bonchev–Trinajstić information content (AvgIpc) is 2.29. The van der Waals surface area contributed by atoms with Crippen molar-refractivity contribution < 1.29 is 9.53 Å². The first kappa shape index (κ1) is 11.5. The van der Waals surface area contributed by atoms with Gasteiger partial charge in [-0.15, -0.1) is 0 Å². The van der Waals surface area contributed by atoms with E-state index in [0.29, 0.717) is 6.61 Å². The largest absolute Gasteiger partial charge is 0.382 e. The lowest BCUT2D eigenvalue weighted by Gasteiger charge is -2.17.